The number of hydrogen-bond donors (Lipinski definition) is 2. The maximum Gasteiger partial charge on any atom is 0.313 e. The van der Waals surface area contributed by atoms with Gasteiger partial charge in [0.1, 0.15) is 29.1 Å². The van der Waals surface area contributed by atoms with Gasteiger partial charge in [-0.15, -0.1) is 0 Å². The van der Waals surface area contributed by atoms with Gasteiger partial charge in [-0.3, -0.25) is 24.0 Å². The zero-order chi connectivity index (χ0) is 39.6. The molecular formula is C43H66O10. The third-order valence-corrected chi connectivity index (χ3v) is 13.3. The Morgan fingerprint density at radius 1 is 0.906 bits per heavy atom. The molecule has 2 N–H and O–H groups in total. The predicted octanol–water partition coefficient (Wildman–Crippen LogP) is 6.82. The van der Waals surface area contributed by atoms with Gasteiger partial charge in [0.2, 0.25) is 0 Å². The second-order valence-corrected chi connectivity index (χ2v) is 17.9. The molecule has 2 bridgehead atoms. The first-order chi connectivity index (χ1) is 24.6. The van der Waals surface area contributed by atoms with Crippen LogP contribution in [0.5, 0.6) is 0 Å². The quantitative estimate of drug-likeness (QED) is 0.233. The fourth-order valence-electron chi connectivity index (χ4n) is 9.72. The molecule has 0 aromatic carbocycles. The van der Waals surface area contributed by atoms with Crippen molar-refractivity contribution in [2.45, 2.75) is 169 Å². The van der Waals surface area contributed by atoms with Crippen molar-refractivity contribution in [1.29, 1.82) is 0 Å². The van der Waals surface area contributed by atoms with Gasteiger partial charge in [-0.2, -0.15) is 0 Å². The summed E-state index contributed by atoms with van der Waals surface area (Å²) >= 11 is 0. The number of ketones is 3. The van der Waals surface area contributed by atoms with E-state index < -0.39 is 64.6 Å². The molecule has 2 heterocycles. The molecule has 0 aromatic heterocycles. The lowest BCUT2D eigenvalue weighted by atomic mass is 9.53. The molecule has 1 saturated heterocycles. The molecule has 0 aromatic rings. The number of methoxy groups -OCH3 is 1. The van der Waals surface area contributed by atoms with E-state index in [9.17, 15) is 34.2 Å². The number of allylic oxidation sites excluding steroid dienone is 3. The Hall–Kier alpha value is -2.69. The Labute approximate surface area is 316 Å². The van der Waals surface area contributed by atoms with Gasteiger partial charge in [-0.1, -0.05) is 63.3 Å². The fourth-order valence-corrected chi connectivity index (χ4v) is 9.72. The minimum absolute atomic E-state index is 0.00267. The Balaban J connectivity index is 2.02. The third kappa shape index (κ3) is 9.24. The van der Waals surface area contributed by atoms with Crippen LogP contribution in [0.25, 0.3) is 0 Å². The van der Waals surface area contributed by atoms with Crippen molar-refractivity contribution >= 4 is 29.3 Å². The average Bonchev–Trinajstić information content (AvgIpc) is 3.06. The van der Waals surface area contributed by atoms with Crippen LogP contribution in [0.3, 0.4) is 0 Å². The van der Waals surface area contributed by atoms with Gasteiger partial charge in [-0.05, 0) is 78.1 Å². The summed E-state index contributed by atoms with van der Waals surface area (Å²) in [6, 6.07) is 0. The molecule has 10 heteroatoms. The van der Waals surface area contributed by atoms with E-state index in [4.69, 9.17) is 14.2 Å². The molecule has 53 heavy (non-hydrogen) atoms. The molecule has 0 unspecified atom stereocenters. The smallest absolute Gasteiger partial charge is 0.313 e. The van der Waals surface area contributed by atoms with Crippen LogP contribution in [-0.2, 0) is 38.2 Å². The van der Waals surface area contributed by atoms with Gasteiger partial charge in [0, 0.05) is 56.3 Å². The Bertz CT molecular complexity index is 1470. The normalized spacial score (nSPS) is 40.8. The lowest BCUT2D eigenvalue weighted by Gasteiger charge is -2.51. The van der Waals surface area contributed by atoms with E-state index >= 15 is 0 Å². The van der Waals surface area contributed by atoms with Crippen molar-refractivity contribution in [1.82, 2.24) is 0 Å². The van der Waals surface area contributed by atoms with E-state index in [-0.39, 0.29) is 67.2 Å². The highest BCUT2D eigenvalue weighted by molar-refractivity contribution is 5.97. The van der Waals surface area contributed by atoms with Gasteiger partial charge in [0.15, 0.2) is 0 Å². The minimum atomic E-state index is -1.70. The molecule has 10 nitrogen and oxygen atoms in total. The van der Waals surface area contributed by atoms with Crippen LogP contribution in [0, 0.1) is 40.9 Å². The topological polar surface area (TPSA) is 154 Å². The minimum Gasteiger partial charge on any atom is -0.469 e. The zero-order valence-corrected chi connectivity index (χ0v) is 33.9. The summed E-state index contributed by atoms with van der Waals surface area (Å²) in [7, 11) is 1.28. The van der Waals surface area contributed by atoms with E-state index in [1.165, 1.54) is 14.0 Å². The number of ether oxygens (including phenoxy) is 3. The van der Waals surface area contributed by atoms with Crippen LogP contribution < -0.4 is 0 Å². The van der Waals surface area contributed by atoms with Crippen molar-refractivity contribution in [2.75, 3.05) is 7.11 Å². The first-order valence-electron chi connectivity index (χ1n) is 19.9. The number of rotatable bonds is 3. The van der Waals surface area contributed by atoms with E-state index in [2.05, 4.69) is 0 Å². The molecule has 11 atom stereocenters. The number of Topliss-reactive ketones (excluding diaryl/α,β-unsaturated/α-hetero) is 3. The first kappa shape index (κ1) is 43.0. The van der Waals surface area contributed by atoms with Gasteiger partial charge in [0.05, 0.1) is 30.3 Å². The van der Waals surface area contributed by atoms with Crippen LogP contribution >= 0.6 is 0 Å². The fraction of sp³-hybridized carbons (Fsp3) is 0.791. The summed E-state index contributed by atoms with van der Waals surface area (Å²) < 4.78 is 18.0. The Morgan fingerprint density at radius 2 is 1.58 bits per heavy atom. The van der Waals surface area contributed by atoms with E-state index in [0.29, 0.717) is 37.7 Å². The van der Waals surface area contributed by atoms with Crippen molar-refractivity contribution in [2.24, 2.45) is 40.9 Å². The van der Waals surface area contributed by atoms with Gasteiger partial charge in [-0.25, -0.2) is 0 Å². The number of fused-ring (bicyclic) bond motifs is 5. The van der Waals surface area contributed by atoms with Crippen molar-refractivity contribution in [3.8, 4) is 0 Å². The Morgan fingerprint density at radius 3 is 2.21 bits per heavy atom. The Kier molecular flexibility index (Phi) is 13.8. The maximum absolute atomic E-state index is 14.8. The SMILES string of the molecule is COC(=O)[C@@]12CC(=O)[C@H](C(C)C)CC(=O)[C@H](C)CCC[C@H](C)CC(=O)[C@H]1CC(C)=C1C[C@H](OC(C)=O)[C@](C)(O)[C@H]3CC[C@@](C)(O)[C@@H](CC/C(C)=C\[C@@H]12)O3. The van der Waals surface area contributed by atoms with Gasteiger partial charge >= 0.3 is 11.9 Å². The second kappa shape index (κ2) is 17.0. The van der Waals surface area contributed by atoms with Crippen LogP contribution in [0.4, 0.5) is 0 Å². The van der Waals surface area contributed by atoms with E-state index in [1.54, 1.807) is 13.8 Å². The molecule has 4 rings (SSSR count). The van der Waals surface area contributed by atoms with Crippen LogP contribution in [-0.4, -0.2) is 76.1 Å². The van der Waals surface area contributed by atoms with E-state index in [1.807, 2.05) is 47.6 Å². The van der Waals surface area contributed by atoms with Crippen LogP contribution in [0.2, 0.25) is 0 Å². The molecule has 4 aliphatic rings. The predicted molar refractivity (Wildman–Crippen MR) is 200 cm³/mol. The summed E-state index contributed by atoms with van der Waals surface area (Å²) in [6.45, 7) is 16.2. The standard InChI is InChI=1S/C43H66O10/c1-24(2)30-21-34(45)27(5)13-11-12-25(3)19-35(46)33-20-28(6)31-22-39(52-29(7)44)42(9,50)38-16-17-41(8,49)37(53-38)15-14-26(4)18-32(31)43(33,23-36(30)47)40(48)51-10/h18,24-25,27,30,32-33,37-39,49-50H,11-17,19-23H2,1-10H3/b26-18-/t25-,27+,30-,32-,33+,37+,38+,39-,41+,42+,43+/m0/s1. The van der Waals surface area contributed by atoms with Gasteiger partial charge < -0.3 is 24.4 Å². The molecule has 0 radical (unpaired) electrons. The monoisotopic (exact) mass is 742 g/mol. The summed E-state index contributed by atoms with van der Waals surface area (Å²) in [5, 5.41) is 23.7. The highest BCUT2D eigenvalue weighted by Crippen LogP contribution is 2.56. The second-order valence-electron chi connectivity index (χ2n) is 17.9. The summed E-state index contributed by atoms with van der Waals surface area (Å²) in [5.74, 6) is -4.42. The van der Waals surface area contributed by atoms with Crippen LogP contribution in [0.15, 0.2) is 22.8 Å². The van der Waals surface area contributed by atoms with Gasteiger partial charge in [0.25, 0.3) is 0 Å². The number of hydrogen-bond acceptors (Lipinski definition) is 10. The maximum atomic E-state index is 14.8. The number of aliphatic hydroxyl groups is 2. The highest BCUT2D eigenvalue weighted by atomic mass is 16.6. The summed E-state index contributed by atoms with van der Waals surface area (Å²) in [6.07, 6.45) is 3.43. The largest absolute Gasteiger partial charge is 0.469 e. The summed E-state index contributed by atoms with van der Waals surface area (Å²) in [4.78, 5) is 70.5. The number of carbonyl (C=O) groups excluding carboxylic acids is 5. The molecule has 2 fully saturated rings. The third-order valence-electron chi connectivity index (χ3n) is 13.3. The number of esters is 2. The molecular weight excluding hydrogens is 676 g/mol. The van der Waals surface area contributed by atoms with Crippen molar-refractivity contribution < 1.29 is 48.4 Å². The highest BCUT2D eigenvalue weighted by Gasteiger charge is 2.60. The molecule has 2 aliphatic carbocycles. The average molecular weight is 743 g/mol. The van der Waals surface area contributed by atoms with Crippen molar-refractivity contribution in [3.63, 3.8) is 0 Å². The molecule has 298 valence electrons. The lowest BCUT2D eigenvalue weighted by molar-refractivity contribution is -0.239. The molecule has 0 spiro atoms. The van der Waals surface area contributed by atoms with E-state index in [0.717, 1.165) is 24.0 Å². The molecule has 0 amide bonds. The van der Waals surface area contributed by atoms with Crippen LogP contribution in [0.1, 0.15) is 139 Å². The zero-order valence-electron chi connectivity index (χ0n) is 33.9. The summed E-state index contributed by atoms with van der Waals surface area (Å²) in [5.41, 5.74) is -2.12. The lowest BCUT2D eigenvalue weighted by Crippen LogP contribution is -2.60. The molecule has 2 aliphatic heterocycles. The van der Waals surface area contributed by atoms with Crippen molar-refractivity contribution in [3.05, 3.63) is 22.8 Å². The number of carbonyl (C=O) groups is 5. The molecule has 1 saturated carbocycles. The first-order valence-corrected chi connectivity index (χ1v) is 19.9.